The van der Waals surface area contributed by atoms with E-state index in [0.29, 0.717) is 17.8 Å². The van der Waals surface area contributed by atoms with Crippen LogP contribution in [0.3, 0.4) is 0 Å². The zero-order valence-corrected chi connectivity index (χ0v) is 17.6. The van der Waals surface area contributed by atoms with Crippen molar-refractivity contribution in [3.63, 3.8) is 0 Å². The Hall–Kier alpha value is -2.39. The zero-order valence-electron chi connectivity index (χ0n) is 16.8. The molecular formula is C21H26N4O4S. The SMILES string of the molecule is O=C(CC1SC(N2CCCC2)=NC1=O)Nc1ccc(C(=O)NCC2CCCO2)cc1. The van der Waals surface area contributed by atoms with Gasteiger partial charge in [0, 0.05) is 43.9 Å². The molecule has 4 rings (SSSR count). The lowest BCUT2D eigenvalue weighted by atomic mass is 10.1. The van der Waals surface area contributed by atoms with E-state index in [0.717, 1.165) is 50.5 Å². The molecule has 0 radical (unpaired) electrons. The van der Waals surface area contributed by atoms with E-state index < -0.39 is 5.25 Å². The standard InChI is InChI=1S/C21H26N4O4S/c26-18(12-17-20(28)24-21(30-17)25-9-1-2-10-25)23-15-7-5-14(6-8-15)19(27)22-13-16-4-3-11-29-16/h5-8,16-17H,1-4,9-13H2,(H,22,27)(H,23,26). The van der Waals surface area contributed by atoms with Gasteiger partial charge in [-0.2, -0.15) is 4.99 Å². The van der Waals surface area contributed by atoms with Gasteiger partial charge in [-0.1, -0.05) is 11.8 Å². The lowest BCUT2D eigenvalue weighted by Crippen LogP contribution is -2.31. The second-order valence-electron chi connectivity index (χ2n) is 7.71. The quantitative estimate of drug-likeness (QED) is 0.716. The van der Waals surface area contributed by atoms with Crippen LogP contribution in [0.1, 0.15) is 42.5 Å². The number of benzene rings is 1. The number of amides is 3. The Morgan fingerprint density at radius 3 is 2.63 bits per heavy atom. The minimum Gasteiger partial charge on any atom is -0.376 e. The highest BCUT2D eigenvalue weighted by atomic mass is 32.2. The number of amidine groups is 1. The fourth-order valence-corrected chi connectivity index (χ4v) is 4.87. The summed E-state index contributed by atoms with van der Waals surface area (Å²) in [5.74, 6) is -0.646. The van der Waals surface area contributed by atoms with Crippen LogP contribution < -0.4 is 10.6 Å². The molecule has 2 saturated heterocycles. The maximum atomic E-state index is 12.4. The van der Waals surface area contributed by atoms with Gasteiger partial charge in [0.15, 0.2) is 5.17 Å². The van der Waals surface area contributed by atoms with Crippen LogP contribution in [0.25, 0.3) is 0 Å². The number of hydrogen-bond acceptors (Lipinski definition) is 6. The first-order valence-electron chi connectivity index (χ1n) is 10.4. The molecule has 30 heavy (non-hydrogen) atoms. The zero-order chi connectivity index (χ0) is 20.9. The van der Waals surface area contributed by atoms with Crippen LogP contribution in [0.15, 0.2) is 29.3 Å². The molecule has 8 nitrogen and oxygen atoms in total. The van der Waals surface area contributed by atoms with Crippen molar-refractivity contribution in [2.75, 3.05) is 31.6 Å². The van der Waals surface area contributed by atoms with E-state index >= 15 is 0 Å². The monoisotopic (exact) mass is 430 g/mol. The van der Waals surface area contributed by atoms with Crippen molar-refractivity contribution in [2.45, 2.75) is 43.5 Å². The summed E-state index contributed by atoms with van der Waals surface area (Å²) in [5, 5.41) is 5.94. The van der Waals surface area contributed by atoms with Gasteiger partial charge in [-0.3, -0.25) is 14.4 Å². The van der Waals surface area contributed by atoms with Crippen LogP contribution in [0.5, 0.6) is 0 Å². The first-order valence-corrected chi connectivity index (χ1v) is 11.3. The molecule has 0 aliphatic carbocycles. The number of likely N-dealkylation sites (tertiary alicyclic amines) is 1. The number of nitrogens with zero attached hydrogens (tertiary/aromatic N) is 2. The Kier molecular flexibility index (Phi) is 6.69. The molecular weight excluding hydrogens is 404 g/mol. The van der Waals surface area contributed by atoms with E-state index in [1.54, 1.807) is 24.3 Å². The first-order chi connectivity index (χ1) is 14.6. The number of carbonyl (C=O) groups excluding carboxylic acids is 3. The van der Waals surface area contributed by atoms with Gasteiger partial charge < -0.3 is 20.3 Å². The molecule has 0 aromatic heterocycles. The van der Waals surface area contributed by atoms with Crippen LogP contribution in [0, 0.1) is 0 Å². The number of aliphatic imine (C=N–C) groups is 1. The van der Waals surface area contributed by atoms with Crippen molar-refractivity contribution < 1.29 is 19.1 Å². The van der Waals surface area contributed by atoms with Gasteiger partial charge in [-0.25, -0.2) is 0 Å². The van der Waals surface area contributed by atoms with Crippen LogP contribution in [-0.2, 0) is 14.3 Å². The normalized spacial score (nSPS) is 23.5. The molecule has 2 atom stereocenters. The van der Waals surface area contributed by atoms with E-state index in [1.807, 2.05) is 0 Å². The molecule has 1 aromatic carbocycles. The molecule has 2 N–H and O–H groups in total. The predicted molar refractivity (Wildman–Crippen MR) is 116 cm³/mol. The molecule has 3 heterocycles. The topological polar surface area (TPSA) is 100 Å². The van der Waals surface area contributed by atoms with Crippen molar-refractivity contribution in [3.05, 3.63) is 29.8 Å². The van der Waals surface area contributed by atoms with E-state index in [4.69, 9.17) is 4.74 Å². The highest BCUT2D eigenvalue weighted by molar-refractivity contribution is 8.15. The Bertz CT molecular complexity index is 830. The lowest BCUT2D eigenvalue weighted by molar-refractivity contribution is -0.121. The number of ether oxygens (including phenoxy) is 1. The molecule has 2 unspecified atom stereocenters. The number of carbonyl (C=O) groups is 3. The number of rotatable bonds is 6. The van der Waals surface area contributed by atoms with Crippen LogP contribution in [0.2, 0.25) is 0 Å². The summed E-state index contributed by atoms with van der Waals surface area (Å²) in [6, 6.07) is 6.72. The van der Waals surface area contributed by atoms with Crippen molar-refractivity contribution >= 4 is 40.3 Å². The first kappa shape index (κ1) is 20.9. The smallest absolute Gasteiger partial charge is 0.262 e. The molecule has 3 amide bonds. The fourth-order valence-electron chi connectivity index (χ4n) is 3.75. The lowest BCUT2D eigenvalue weighted by Gasteiger charge is -2.16. The number of anilines is 1. The average molecular weight is 431 g/mol. The third-order valence-electron chi connectivity index (χ3n) is 5.42. The molecule has 0 saturated carbocycles. The Morgan fingerprint density at radius 1 is 1.17 bits per heavy atom. The van der Waals surface area contributed by atoms with Crippen molar-refractivity contribution in [1.82, 2.24) is 10.2 Å². The van der Waals surface area contributed by atoms with Crippen molar-refractivity contribution in [3.8, 4) is 0 Å². The summed E-state index contributed by atoms with van der Waals surface area (Å²) in [6.07, 6.45) is 4.40. The summed E-state index contributed by atoms with van der Waals surface area (Å²) >= 11 is 1.38. The molecule has 3 aliphatic rings. The summed E-state index contributed by atoms with van der Waals surface area (Å²) in [4.78, 5) is 43.0. The van der Waals surface area contributed by atoms with Crippen molar-refractivity contribution in [1.29, 1.82) is 0 Å². The van der Waals surface area contributed by atoms with E-state index in [2.05, 4.69) is 20.5 Å². The molecule has 9 heteroatoms. The van der Waals surface area contributed by atoms with Gasteiger partial charge in [0.05, 0.1) is 6.10 Å². The fraction of sp³-hybridized carbons (Fsp3) is 0.524. The average Bonchev–Trinajstić information content (AvgIpc) is 3.50. The Morgan fingerprint density at radius 2 is 1.93 bits per heavy atom. The van der Waals surface area contributed by atoms with Gasteiger partial charge in [0.1, 0.15) is 5.25 Å². The van der Waals surface area contributed by atoms with Crippen molar-refractivity contribution in [2.24, 2.45) is 4.99 Å². The molecule has 0 bridgehead atoms. The summed E-state index contributed by atoms with van der Waals surface area (Å²) in [6.45, 7) is 3.11. The largest absolute Gasteiger partial charge is 0.376 e. The second-order valence-corrected chi connectivity index (χ2v) is 8.88. The van der Waals surface area contributed by atoms with Gasteiger partial charge >= 0.3 is 0 Å². The van der Waals surface area contributed by atoms with Crippen LogP contribution >= 0.6 is 11.8 Å². The molecule has 3 aliphatic heterocycles. The Labute approximate surface area is 179 Å². The van der Waals surface area contributed by atoms with E-state index in [9.17, 15) is 14.4 Å². The molecule has 1 aromatic rings. The van der Waals surface area contributed by atoms with Gasteiger partial charge in [-0.05, 0) is 49.9 Å². The number of nitrogens with one attached hydrogen (secondary N) is 2. The minimum absolute atomic E-state index is 0.0773. The van der Waals surface area contributed by atoms with E-state index in [-0.39, 0.29) is 30.2 Å². The summed E-state index contributed by atoms with van der Waals surface area (Å²) in [7, 11) is 0. The van der Waals surface area contributed by atoms with Gasteiger partial charge in [-0.15, -0.1) is 0 Å². The van der Waals surface area contributed by atoms with E-state index in [1.165, 1.54) is 11.8 Å². The van der Waals surface area contributed by atoms with Gasteiger partial charge in [0.2, 0.25) is 5.91 Å². The predicted octanol–water partition coefficient (Wildman–Crippen LogP) is 2.02. The van der Waals surface area contributed by atoms with Crippen LogP contribution in [-0.4, -0.2) is 65.4 Å². The number of thioether (sulfide) groups is 1. The maximum Gasteiger partial charge on any atom is 0.262 e. The second kappa shape index (κ2) is 9.61. The highest BCUT2D eigenvalue weighted by Gasteiger charge is 2.33. The summed E-state index contributed by atoms with van der Waals surface area (Å²) < 4.78 is 5.50. The third-order valence-corrected chi connectivity index (χ3v) is 6.63. The van der Waals surface area contributed by atoms with Crippen LogP contribution in [0.4, 0.5) is 5.69 Å². The number of hydrogen-bond donors (Lipinski definition) is 2. The molecule has 160 valence electrons. The Balaban J connectivity index is 1.23. The van der Waals surface area contributed by atoms with Gasteiger partial charge in [0.25, 0.3) is 11.8 Å². The minimum atomic E-state index is -0.469. The summed E-state index contributed by atoms with van der Waals surface area (Å²) in [5.41, 5.74) is 1.11. The third kappa shape index (κ3) is 5.20. The highest BCUT2D eigenvalue weighted by Crippen LogP contribution is 2.29. The molecule has 0 spiro atoms. The maximum absolute atomic E-state index is 12.4. The molecule has 2 fully saturated rings.